The van der Waals surface area contributed by atoms with Crippen LogP contribution in [0.2, 0.25) is 0 Å². The molecule has 0 fully saturated rings. The molecular formula is C12H12Br2N2S. The molecule has 2 rings (SSSR count). The molecule has 0 saturated heterocycles. The van der Waals surface area contributed by atoms with Crippen molar-refractivity contribution in [3.05, 3.63) is 49.0 Å². The summed E-state index contributed by atoms with van der Waals surface area (Å²) in [6.07, 6.45) is 0. The van der Waals surface area contributed by atoms with Gasteiger partial charge in [0, 0.05) is 38.0 Å². The zero-order valence-electron chi connectivity index (χ0n) is 9.04. The molecule has 0 atom stereocenters. The fourth-order valence-electron chi connectivity index (χ4n) is 1.48. The number of nitrogen functional groups attached to an aromatic ring is 1. The number of rotatable bonds is 4. The van der Waals surface area contributed by atoms with E-state index in [4.69, 9.17) is 5.73 Å². The topological polar surface area (TPSA) is 38.0 Å². The second-order valence-corrected chi connectivity index (χ2v) is 6.46. The third-order valence-electron chi connectivity index (χ3n) is 2.31. The van der Waals surface area contributed by atoms with Gasteiger partial charge in [0.2, 0.25) is 0 Å². The number of thiophene rings is 1. The molecule has 0 aliphatic heterocycles. The molecular weight excluding hydrogens is 364 g/mol. The standard InChI is InChI=1S/C12H12Br2N2S/c13-9-4-10(17-7-9)6-16-5-8-1-2-11(14)12(15)3-8/h1-4,7,16H,5-6,15H2. The Balaban J connectivity index is 1.87. The highest BCUT2D eigenvalue weighted by Crippen LogP contribution is 2.21. The van der Waals surface area contributed by atoms with E-state index in [9.17, 15) is 0 Å². The lowest BCUT2D eigenvalue weighted by Crippen LogP contribution is -2.11. The number of nitrogens with one attached hydrogen (secondary N) is 1. The first-order valence-electron chi connectivity index (χ1n) is 5.12. The summed E-state index contributed by atoms with van der Waals surface area (Å²) in [5, 5.41) is 5.49. The Labute approximate surface area is 121 Å². The summed E-state index contributed by atoms with van der Waals surface area (Å²) in [5.41, 5.74) is 7.80. The molecule has 0 bridgehead atoms. The maximum atomic E-state index is 5.83. The Bertz CT molecular complexity index is 511. The van der Waals surface area contributed by atoms with Gasteiger partial charge in [0.15, 0.2) is 0 Å². The summed E-state index contributed by atoms with van der Waals surface area (Å²) in [7, 11) is 0. The molecule has 1 heterocycles. The first kappa shape index (κ1) is 13.1. The van der Waals surface area contributed by atoms with Crippen LogP contribution in [0.4, 0.5) is 5.69 Å². The van der Waals surface area contributed by atoms with E-state index < -0.39 is 0 Å². The van der Waals surface area contributed by atoms with Gasteiger partial charge in [-0.2, -0.15) is 0 Å². The normalized spacial score (nSPS) is 10.7. The van der Waals surface area contributed by atoms with Crippen molar-refractivity contribution in [2.45, 2.75) is 13.1 Å². The van der Waals surface area contributed by atoms with Crippen LogP contribution >= 0.6 is 43.2 Å². The lowest BCUT2D eigenvalue weighted by atomic mass is 10.2. The minimum Gasteiger partial charge on any atom is -0.398 e. The van der Waals surface area contributed by atoms with Crippen molar-refractivity contribution in [2.24, 2.45) is 0 Å². The van der Waals surface area contributed by atoms with Crippen molar-refractivity contribution in [2.75, 3.05) is 5.73 Å². The number of nitrogens with two attached hydrogens (primary N) is 1. The summed E-state index contributed by atoms with van der Waals surface area (Å²) in [6, 6.07) is 8.17. The molecule has 0 aliphatic carbocycles. The quantitative estimate of drug-likeness (QED) is 0.788. The number of benzene rings is 1. The molecule has 0 radical (unpaired) electrons. The second-order valence-electron chi connectivity index (χ2n) is 3.69. The number of anilines is 1. The van der Waals surface area contributed by atoms with Gasteiger partial charge in [-0.1, -0.05) is 6.07 Å². The van der Waals surface area contributed by atoms with E-state index in [2.05, 4.69) is 54.7 Å². The highest BCUT2D eigenvalue weighted by atomic mass is 79.9. The van der Waals surface area contributed by atoms with E-state index in [0.717, 1.165) is 27.7 Å². The van der Waals surface area contributed by atoms with Crippen LogP contribution in [0.5, 0.6) is 0 Å². The average Bonchev–Trinajstić information content (AvgIpc) is 2.70. The van der Waals surface area contributed by atoms with Gasteiger partial charge in [-0.05, 0) is 55.6 Å². The highest BCUT2D eigenvalue weighted by molar-refractivity contribution is 9.10. The largest absolute Gasteiger partial charge is 0.398 e. The fourth-order valence-corrected chi connectivity index (χ4v) is 3.15. The van der Waals surface area contributed by atoms with Crippen LogP contribution in [0.25, 0.3) is 0 Å². The van der Waals surface area contributed by atoms with Crippen molar-refractivity contribution in [3.63, 3.8) is 0 Å². The average molecular weight is 376 g/mol. The summed E-state index contributed by atoms with van der Waals surface area (Å²) < 4.78 is 2.09. The molecule has 1 aromatic carbocycles. The van der Waals surface area contributed by atoms with Crippen molar-refractivity contribution in [1.29, 1.82) is 0 Å². The zero-order valence-corrected chi connectivity index (χ0v) is 13.0. The maximum absolute atomic E-state index is 5.83. The lowest BCUT2D eigenvalue weighted by molar-refractivity contribution is 0.701. The molecule has 0 spiro atoms. The van der Waals surface area contributed by atoms with E-state index in [1.54, 1.807) is 11.3 Å². The van der Waals surface area contributed by atoms with Crippen LogP contribution in [0.15, 0.2) is 38.6 Å². The minimum absolute atomic E-state index is 0.781. The number of hydrogen-bond donors (Lipinski definition) is 2. The van der Waals surface area contributed by atoms with Gasteiger partial charge < -0.3 is 11.1 Å². The minimum atomic E-state index is 0.781. The molecule has 1 aromatic heterocycles. The molecule has 3 N–H and O–H groups in total. The van der Waals surface area contributed by atoms with E-state index >= 15 is 0 Å². The fraction of sp³-hybridized carbons (Fsp3) is 0.167. The Morgan fingerprint density at radius 2 is 2.00 bits per heavy atom. The molecule has 2 nitrogen and oxygen atoms in total. The van der Waals surface area contributed by atoms with Gasteiger partial charge in [0.25, 0.3) is 0 Å². The van der Waals surface area contributed by atoms with E-state index in [-0.39, 0.29) is 0 Å². The molecule has 0 unspecified atom stereocenters. The SMILES string of the molecule is Nc1cc(CNCc2cc(Br)cs2)ccc1Br. The molecule has 5 heteroatoms. The molecule has 2 aromatic rings. The van der Waals surface area contributed by atoms with Crippen molar-refractivity contribution in [1.82, 2.24) is 5.32 Å². The summed E-state index contributed by atoms with van der Waals surface area (Å²) in [5.74, 6) is 0. The van der Waals surface area contributed by atoms with Crippen molar-refractivity contribution in [3.8, 4) is 0 Å². The van der Waals surface area contributed by atoms with E-state index in [1.807, 2.05) is 12.1 Å². The first-order valence-corrected chi connectivity index (χ1v) is 7.59. The molecule has 0 amide bonds. The summed E-state index contributed by atoms with van der Waals surface area (Å²) in [4.78, 5) is 1.32. The van der Waals surface area contributed by atoms with Crippen molar-refractivity contribution >= 4 is 48.9 Å². The van der Waals surface area contributed by atoms with Crippen LogP contribution in [-0.4, -0.2) is 0 Å². The van der Waals surface area contributed by atoms with Gasteiger partial charge in [-0.25, -0.2) is 0 Å². The highest BCUT2D eigenvalue weighted by Gasteiger charge is 2.00. The van der Waals surface area contributed by atoms with Crippen LogP contribution in [0.3, 0.4) is 0 Å². The molecule has 0 aliphatic rings. The number of hydrogen-bond acceptors (Lipinski definition) is 3. The molecule has 0 saturated carbocycles. The third kappa shape index (κ3) is 3.81. The molecule has 17 heavy (non-hydrogen) atoms. The smallest absolute Gasteiger partial charge is 0.0461 e. The van der Waals surface area contributed by atoms with E-state index in [0.29, 0.717) is 0 Å². The van der Waals surface area contributed by atoms with Crippen molar-refractivity contribution < 1.29 is 0 Å². The molecule has 90 valence electrons. The van der Waals surface area contributed by atoms with Gasteiger partial charge in [-0.15, -0.1) is 11.3 Å². The Kier molecular flexibility index (Phi) is 4.62. The Hall–Kier alpha value is -0.360. The third-order valence-corrected chi connectivity index (χ3v) is 4.73. The first-order chi connectivity index (χ1) is 8.15. The van der Waals surface area contributed by atoms with Gasteiger partial charge in [0.05, 0.1) is 0 Å². The van der Waals surface area contributed by atoms with Crippen LogP contribution in [0, 0.1) is 0 Å². The van der Waals surface area contributed by atoms with Gasteiger partial charge in [-0.3, -0.25) is 0 Å². The second kappa shape index (κ2) is 6.00. The van der Waals surface area contributed by atoms with Crippen LogP contribution in [-0.2, 0) is 13.1 Å². The van der Waals surface area contributed by atoms with Crippen LogP contribution in [0.1, 0.15) is 10.4 Å². The maximum Gasteiger partial charge on any atom is 0.0461 e. The summed E-state index contributed by atoms with van der Waals surface area (Å²) >= 11 is 8.58. The monoisotopic (exact) mass is 374 g/mol. The Morgan fingerprint density at radius 3 is 2.65 bits per heavy atom. The predicted octanol–water partition coefficient (Wildman–Crippen LogP) is 4.15. The number of halogens is 2. The van der Waals surface area contributed by atoms with E-state index in [1.165, 1.54) is 10.4 Å². The van der Waals surface area contributed by atoms with Gasteiger partial charge >= 0.3 is 0 Å². The lowest BCUT2D eigenvalue weighted by Gasteiger charge is -2.05. The Morgan fingerprint density at radius 1 is 1.18 bits per heavy atom. The predicted molar refractivity (Wildman–Crippen MR) is 81.1 cm³/mol. The van der Waals surface area contributed by atoms with Gasteiger partial charge in [0.1, 0.15) is 0 Å². The zero-order chi connectivity index (χ0) is 12.3. The summed E-state index contributed by atoms with van der Waals surface area (Å²) in [6.45, 7) is 1.71. The van der Waals surface area contributed by atoms with Crippen LogP contribution < -0.4 is 11.1 Å².